The third kappa shape index (κ3) is 7.94. The fourth-order valence-corrected chi connectivity index (χ4v) is 3.94. The van der Waals surface area contributed by atoms with E-state index in [4.69, 9.17) is 4.74 Å². The van der Waals surface area contributed by atoms with E-state index in [1.807, 2.05) is 13.1 Å². The Labute approximate surface area is 194 Å². The van der Waals surface area contributed by atoms with E-state index in [2.05, 4.69) is 64.4 Å². The summed E-state index contributed by atoms with van der Waals surface area (Å²) in [5.74, 6) is 1.82. The number of para-hydroxylation sites is 1. The SMILES string of the molecule is CCN(CCNC(=NC)NCC(c1ccccc1OC)N1CCCC1)C(C)C.I. The van der Waals surface area contributed by atoms with Crippen molar-refractivity contribution >= 4 is 29.9 Å². The lowest BCUT2D eigenvalue weighted by Gasteiger charge is -2.30. The molecule has 1 saturated heterocycles. The van der Waals surface area contributed by atoms with Gasteiger partial charge in [-0.25, -0.2) is 0 Å². The van der Waals surface area contributed by atoms with E-state index in [9.17, 15) is 0 Å². The van der Waals surface area contributed by atoms with Crippen LogP contribution in [0.1, 0.15) is 45.2 Å². The van der Waals surface area contributed by atoms with Gasteiger partial charge in [0.05, 0.1) is 13.2 Å². The lowest BCUT2D eigenvalue weighted by atomic mass is 10.0. The Morgan fingerprint density at radius 1 is 1.21 bits per heavy atom. The van der Waals surface area contributed by atoms with Crippen LogP contribution in [0.2, 0.25) is 0 Å². The molecule has 7 heteroatoms. The van der Waals surface area contributed by atoms with Gasteiger partial charge < -0.3 is 15.4 Å². The smallest absolute Gasteiger partial charge is 0.191 e. The van der Waals surface area contributed by atoms with Crippen molar-refractivity contribution in [2.75, 3.05) is 53.4 Å². The summed E-state index contributed by atoms with van der Waals surface area (Å²) in [5.41, 5.74) is 1.24. The third-order valence-corrected chi connectivity index (χ3v) is 5.59. The average molecular weight is 518 g/mol. The van der Waals surface area contributed by atoms with E-state index in [0.717, 1.165) is 51.0 Å². The second-order valence-corrected chi connectivity index (χ2v) is 7.60. The zero-order valence-corrected chi connectivity index (χ0v) is 21.1. The van der Waals surface area contributed by atoms with Gasteiger partial charge in [0.1, 0.15) is 5.75 Å². The van der Waals surface area contributed by atoms with Crippen molar-refractivity contribution in [3.63, 3.8) is 0 Å². The number of likely N-dealkylation sites (tertiary alicyclic amines) is 1. The number of guanidine groups is 1. The molecule has 0 bridgehead atoms. The van der Waals surface area contributed by atoms with Gasteiger partial charge >= 0.3 is 0 Å². The minimum atomic E-state index is 0. The maximum Gasteiger partial charge on any atom is 0.191 e. The number of hydrogen-bond donors (Lipinski definition) is 2. The fourth-order valence-electron chi connectivity index (χ4n) is 3.94. The molecule has 1 fully saturated rings. The van der Waals surface area contributed by atoms with Gasteiger partial charge in [-0.2, -0.15) is 0 Å². The molecule has 2 rings (SSSR count). The second-order valence-electron chi connectivity index (χ2n) is 7.60. The normalized spacial score (nSPS) is 16.0. The standard InChI is InChI=1S/C22H39N5O.HI/c1-6-26(18(2)3)16-13-24-22(23-4)25-17-20(27-14-9-10-15-27)19-11-7-8-12-21(19)28-5;/h7-8,11-12,18,20H,6,9-10,13-17H2,1-5H3,(H2,23,24,25);1H. The van der Waals surface area contributed by atoms with Crippen LogP contribution in [-0.2, 0) is 0 Å². The Morgan fingerprint density at radius 3 is 2.48 bits per heavy atom. The van der Waals surface area contributed by atoms with E-state index in [0.29, 0.717) is 6.04 Å². The summed E-state index contributed by atoms with van der Waals surface area (Å²) in [7, 11) is 3.59. The third-order valence-electron chi connectivity index (χ3n) is 5.59. The highest BCUT2D eigenvalue weighted by Gasteiger charge is 2.26. The summed E-state index contributed by atoms with van der Waals surface area (Å²) in [6, 6.07) is 9.20. The van der Waals surface area contributed by atoms with Crippen LogP contribution in [0.4, 0.5) is 0 Å². The fraction of sp³-hybridized carbons (Fsp3) is 0.682. The maximum atomic E-state index is 5.64. The first-order valence-corrected chi connectivity index (χ1v) is 10.7. The van der Waals surface area contributed by atoms with E-state index in [1.165, 1.54) is 18.4 Å². The molecule has 0 aliphatic carbocycles. The summed E-state index contributed by atoms with van der Waals surface area (Å²) >= 11 is 0. The van der Waals surface area contributed by atoms with Crippen molar-refractivity contribution in [1.29, 1.82) is 0 Å². The Morgan fingerprint density at radius 2 is 1.90 bits per heavy atom. The molecule has 0 saturated carbocycles. The van der Waals surface area contributed by atoms with Gasteiger partial charge in [-0.15, -0.1) is 24.0 Å². The van der Waals surface area contributed by atoms with E-state index < -0.39 is 0 Å². The van der Waals surface area contributed by atoms with Crippen molar-refractivity contribution in [2.45, 2.75) is 45.7 Å². The molecular weight excluding hydrogens is 477 g/mol. The minimum absolute atomic E-state index is 0. The summed E-state index contributed by atoms with van der Waals surface area (Å²) in [5, 5.41) is 7.00. The average Bonchev–Trinajstić information content (AvgIpc) is 3.24. The Kier molecular flexibility index (Phi) is 12.6. The van der Waals surface area contributed by atoms with Gasteiger partial charge in [-0.05, 0) is 52.4 Å². The van der Waals surface area contributed by atoms with Gasteiger partial charge in [-0.1, -0.05) is 25.1 Å². The largest absolute Gasteiger partial charge is 0.496 e. The number of nitrogens with one attached hydrogen (secondary N) is 2. The minimum Gasteiger partial charge on any atom is -0.496 e. The highest BCUT2D eigenvalue weighted by Crippen LogP contribution is 2.31. The second kappa shape index (κ2) is 14.0. The van der Waals surface area contributed by atoms with Gasteiger partial charge in [0.2, 0.25) is 0 Å². The monoisotopic (exact) mass is 517 g/mol. The number of likely N-dealkylation sites (N-methyl/N-ethyl adjacent to an activating group) is 1. The molecule has 0 radical (unpaired) electrons. The first-order valence-electron chi connectivity index (χ1n) is 10.7. The van der Waals surface area contributed by atoms with Crippen LogP contribution < -0.4 is 15.4 Å². The molecule has 1 atom stereocenters. The quantitative estimate of drug-likeness (QED) is 0.283. The molecule has 2 N–H and O–H groups in total. The first-order chi connectivity index (χ1) is 13.6. The van der Waals surface area contributed by atoms with Crippen LogP contribution >= 0.6 is 24.0 Å². The molecule has 1 heterocycles. The number of rotatable bonds is 10. The molecular formula is C22H40IN5O. The van der Waals surface area contributed by atoms with Crippen molar-refractivity contribution in [1.82, 2.24) is 20.4 Å². The molecule has 0 aromatic heterocycles. The molecule has 1 unspecified atom stereocenters. The number of ether oxygens (including phenoxy) is 1. The lowest BCUT2D eigenvalue weighted by Crippen LogP contribution is -2.45. The molecule has 1 aromatic carbocycles. The molecule has 1 aliphatic heterocycles. The lowest BCUT2D eigenvalue weighted by molar-refractivity contribution is 0.235. The molecule has 1 aromatic rings. The van der Waals surface area contributed by atoms with Crippen LogP contribution in [0.15, 0.2) is 29.3 Å². The molecule has 0 spiro atoms. The van der Waals surface area contributed by atoms with E-state index in [1.54, 1.807) is 7.11 Å². The van der Waals surface area contributed by atoms with Crippen LogP contribution in [0, 0.1) is 0 Å². The Balaban J connectivity index is 0.00000420. The number of halogens is 1. The number of nitrogens with zero attached hydrogens (tertiary/aromatic N) is 3. The number of methoxy groups -OCH3 is 1. The van der Waals surface area contributed by atoms with Gasteiger partial charge in [-0.3, -0.25) is 14.8 Å². The molecule has 29 heavy (non-hydrogen) atoms. The van der Waals surface area contributed by atoms with Gasteiger partial charge in [0.15, 0.2) is 5.96 Å². The van der Waals surface area contributed by atoms with Gasteiger partial charge in [0.25, 0.3) is 0 Å². The zero-order valence-electron chi connectivity index (χ0n) is 18.8. The van der Waals surface area contributed by atoms with Crippen molar-refractivity contribution in [3.05, 3.63) is 29.8 Å². The Hall–Kier alpha value is -1.06. The van der Waals surface area contributed by atoms with Crippen molar-refractivity contribution in [2.24, 2.45) is 4.99 Å². The van der Waals surface area contributed by atoms with Crippen LogP contribution in [0.3, 0.4) is 0 Å². The topological polar surface area (TPSA) is 52.1 Å². The number of aliphatic imine (C=N–C) groups is 1. The summed E-state index contributed by atoms with van der Waals surface area (Å²) in [4.78, 5) is 9.41. The predicted octanol–water partition coefficient (Wildman–Crippen LogP) is 3.35. The zero-order chi connectivity index (χ0) is 20.4. The molecule has 166 valence electrons. The van der Waals surface area contributed by atoms with E-state index >= 15 is 0 Å². The molecule has 1 aliphatic rings. The van der Waals surface area contributed by atoms with Crippen molar-refractivity contribution in [3.8, 4) is 5.75 Å². The predicted molar refractivity (Wildman–Crippen MR) is 134 cm³/mol. The Bertz CT molecular complexity index is 605. The number of hydrogen-bond acceptors (Lipinski definition) is 4. The highest BCUT2D eigenvalue weighted by atomic mass is 127. The van der Waals surface area contributed by atoms with Crippen LogP contribution in [-0.4, -0.2) is 75.2 Å². The summed E-state index contributed by atoms with van der Waals surface area (Å²) in [6.07, 6.45) is 2.53. The van der Waals surface area contributed by atoms with Crippen molar-refractivity contribution < 1.29 is 4.74 Å². The first kappa shape index (κ1) is 26.0. The summed E-state index contributed by atoms with van der Waals surface area (Å²) < 4.78 is 5.64. The van der Waals surface area contributed by atoms with E-state index in [-0.39, 0.29) is 30.0 Å². The maximum absolute atomic E-state index is 5.64. The van der Waals surface area contributed by atoms with Gasteiger partial charge in [0, 0.05) is 38.3 Å². The summed E-state index contributed by atoms with van der Waals surface area (Å²) in [6.45, 7) is 12.7. The molecule has 0 amide bonds. The number of benzene rings is 1. The van der Waals surface area contributed by atoms with Crippen LogP contribution in [0.5, 0.6) is 5.75 Å². The van der Waals surface area contributed by atoms with Crippen LogP contribution in [0.25, 0.3) is 0 Å². The molecule has 6 nitrogen and oxygen atoms in total. The highest BCUT2D eigenvalue weighted by molar-refractivity contribution is 14.0.